The molecular formula is C21H19Cl3N4O4. The van der Waals surface area contributed by atoms with Crippen molar-refractivity contribution >= 4 is 46.4 Å². The number of carbonyl (C=O) groups is 1. The molecule has 3 aromatic rings. The van der Waals surface area contributed by atoms with Crippen LogP contribution in [0, 0.1) is 24.0 Å². The van der Waals surface area contributed by atoms with Gasteiger partial charge in [0.05, 0.1) is 21.5 Å². The molecule has 0 spiro atoms. The first-order chi connectivity index (χ1) is 15.2. The van der Waals surface area contributed by atoms with Gasteiger partial charge in [-0.05, 0) is 43.7 Å². The van der Waals surface area contributed by atoms with Crippen LogP contribution in [0.15, 0.2) is 36.4 Å². The summed E-state index contributed by atoms with van der Waals surface area (Å²) in [5.74, 6) is 0.0250. The molecule has 0 unspecified atom stereocenters. The molecule has 0 saturated heterocycles. The Morgan fingerprint density at radius 2 is 1.88 bits per heavy atom. The molecule has 1 heterocycles. The number of rotatable bonds is 8. The maximum Gasteiger partial charge on any atom is 0.312 e. The van der Waals surface area contributed by atoms with Gasteiger partial charge in [-0.25, -0.2) is 0 Å². The highest BCUT2D eigenvalue weighted by Gasteiger charge is 2.21. The summed E-state index contributed by atoms with van der Waals surface area (Å²) >= 11 is 18.2. The van der Waals surface area contributed by atoms with E-state index in [-0.39, 0.29) is 24.7 Å². The Hall–Kier alpha value is -2.81. The Morgan fingerprint density at radius 3 is 2.50 bits per heavy atom. The number of hydrogen-bond acceptors (Lipinski definition) is 5. The van der Waals surface area contributed by atoms with Gasteiger partial charge in [-0.3, -0.25) is 19.6 Å². The maximum absolute atomic E-state index is 12.5. The SMILES string of the molecule is Cc1nn(CCNC(=O)c2cccc(COc3c(Cl)cc(Cl)cc3Cl)c2)c(C)c1[N+](=O)[O-]. The number of benzene rings is 2. The van der Waals surface area contributed by atoms with E-state index in [1.165, 1.54) is 16.8 Å². The van der Waals surface area contributed by atoms with Gasteiger partial charge < -0.3 is 10.1 Å². The Kier molecular flexibility index (Phi) is 7.60. The molecule has 8 nitrogen and oxygen atoms in total. The largest absolute Gasteiger partial charge is 0.486 e. The maximum atomic E-state index is 12.5. The lowest BCUT2D eigenvalue weighted by atomic mass is 10.1. The first kappa shape index (κ1) is 23.8. The van der Waals surface area contributed by atoms with Crippen molar-refractivity contribution in [3.8, 4) is 5.75 Å². The number of nitrogens with one attached hydrogen (secondary N) is 1. The van der Waals surface area contributed by atoms with Crippen molar-refractivity contribution < 1.29 is 14.5 Å². The number of hydrogen-bond donors (Lipinski definition) is 1. The monoisotopic (exact) mass is 496 g/mol. The molecule has 0 fully saturated rings. The van der Waals surface area contributed by atoms with E-state index >= 15 is 0 Å². The van der Waals surface area contributed by atoms with Crippen LogP contribution in [-0.2, 0) is 13.2 Å². The summed E-state index contributed by atoms with van der Waals surface area (Å²) in [4.78, 5) is 23.2. The number of nitrogens with zero attached hydrogens (tertiary/aromatic N) is 3. The average Bonchev–Trinajstić information content (AvgIpc) is 3.00. The summed E-state index contributed by atoms with van der Waals surface area (Å²) in [6.07, 6.45) is 0. The zero-order valence-electron chi connectivity index (χ0n) is 17.2. The smallest absolute Gasteiger partial charge is 0.312 e. The number of amides is 1. The number of aromatic nitrogens is 2. The minimum Gasteiger partial charge on any atom is -0.486 e. The standard InChI is InChI=1S/C21H19Cl3N4O4/c1-12-19(28(30)31)13(2)27(26-12)7-6-25-21(29)15-5-3-4-14(8-15)11-32-20-17(23)9-16(22)10-18(20)24/h3-5,8-10H,6-7,11H2,1-2H3,(H,25,29). The van der Waals surface area contributed by atoms with E-state index in [2.05, 4.69) is 10.4 Å². The minimum absolute atomic E-state index is 0.00933. The zero-order chi connectivity index (χ0) is 23.4. The summed E-state index contributed by atoms with van der Waals surface area (Å²) in [6, 6.07) is 9.99. The molecule has 32 heavy (non-hydrogen) atoms. The van der Waals surface area contributed by atoms with Crippen molar-refractivity contribution in [3.63, 3.8) is 0 Å². The Bertz CT molecular complexity index is 1160. The van der Waals surface area contributed by atoms with Crippen LogP contribution in [0.4, 0.5) is 5.69 Å². The molecule has 0 saturated carbocycles. The first-order valence-electron chi connectivity index (χ1n) is 9.50. The molecular weight excluding hydrogens is 479 g/mol. The van der Waals surface area contributed by atoms with Crippen molar-refractivity contribution in [2.75, 3.05) is 6.54 Å². The van der Waals surface area contributed by atoms with Gasteiger partial charge in [0.1, 0.15) is 18.0 Å². The predicted molar refractivity (Wildman–Crippen MR) is 123 cm³/mol. The summed E-state index contributed by atoms with van der Waals surface area (Å²) < 4.78 is 7.22. The van der Waals surface area contributed by atoms with Gasteiger partial charge in [0.25, 0.3) is 5.91 Å². The third-order valence-corrected chi connectivity index (χ3v) is 5.45. The molecule has 0 aliphatic heterocycles. The van der Waals surface area contributed by atoms with E-state index in [0.717, 1.165) is 5.56 Å². The van der Waals surface area contributed by atoms with Gasteiger partial charge in [-0.1, -0.05) is 46.9 Å². The lowest BCUT2D eigenvalue weighted by Gasteiger charge is -2.11. The van der Waals surface area contributed by atoms with Crippen LogP contribution >= 0.6 is 34.8 Å². The van der Waals surface area contributed by atoms with Gasteiger partial charge in [-0.2, -0.15) is 5.10 Å². The van der Waals surface area contributed by atoms with E-state index in [1.807, 2.05) is 6.07 Å². The number of aryl methyl sites for hydroxylation is 1. The summed E-state index contributed by atoms with van der Waals surface area (Å²) in [6.45, 7) is 3.93. The third-order valence-electron chi connectivity index (χ3n) is 4.67. The van der Waals surface area contributed by atoms with Crippen molar-refractivity contribution in [1.29, 1.82) is 0 Å². The second-order valence-corrected chi connectivity index (χ2v) is 8.19. The van der Waals surface area contributed by atoms with Gasteiger partial charge in [0, 0.05) is 17.1 Å². The van der Waals surface area contributed by atoms with E-state index in [4.69, 9.17) is 39.5 Å². The first-order valence-corrected chi connectivity index (χ1v) is 10.6. The molecule has 2 aromatic carbocycles. The fourth-order valence-corrected chi connectivity index (χ4v) is 4.10. The van der Waals surface area contributed by atoms with Gasteiger partial charge in [0.2, 0.25) is 0 Å². The molecule has 1 aromatic heterocycles. The molecule has 1 N–H and O–H groups in total. The van der Waals surface area contributed by atoms with Crippen molar-refractivity contribution in [3.05, 3.63) is 84.1 Å². The fraction of sp³-hybridized carbons (Fsp3) is 0.238. The number of ether oxygens (including phenoxy) is 1. The minimum atomic E-state index is -0.454. The van der Waals surface area contributed by atoms with Gasteiger partial charge in [0.15, 0.2) is 5.75 Å². The zero-order valence-corrected chi connectivity index (χ0v) is 19.5. The van der Waals surface area contributed by atoms with E-state index < -0.39 is 4.92 Å². The molecule has 3 rings (SSSR count). The van der Waals surface area contributed by atoms with Crippen LogP contribution in [0.3, 0.4) is 0 Å². The highest BCUT2D eigenvalue weighted by molar-refractivity contribution is 6.40. The van der Waals surface area contributed by atoms with Crippen molar-refractivity contribution in [1.82, 2.24) is 15.1 Å². The molecule has 0 aliphatic rings. The molecule has 0 aliphatic carbocycles. The molecule has 11 heteroatoms. The summed E-state index contributed by atoms with van der Waals surface area (Å²) in [5.41, 5.74) is 1.96. The van der Waals surface area contributed by atoms with Crippen molar-refractivity contribution in [2.45, 2.75) is 27.0 Å². The Balaban J connectivity index is 1.60. The van der Waals surface area contributed by atoms with Gasteiger partial charge >= 0.3 is 5.69 Å². The Labute approximate surface area is 199 Å². The second kappa shape index (κ2) is 10.2. The lowest BCUT2D eigenvalue weighted by Crippen LogP contribution is -2.27. The normalized spacial score (nSPS) is 10.8. The lowest BCUT2D eigenvalue weighted by molar-refractivity contribution is -0.386. The van der Waals surface area contributed by atoms with Crippen LogP contribution in [0.2, 0.25) is 15.1 Å². The summed E-state index contributed by atoms with van der Waals surface area (Å²) in [5, 5.41) is 19.0. The number of carbonyl (C=O) groups excluding carboxylic acids is 1. The second-order valence-electron chi connectivity index (χ2n) is 6.94. The fourth-order valence-electron chi connectivity index (χ4n) is 3.17. The highest BCUT2D eigenvalue weighted by Crippen LogP contribution is 2.36. The number of halogens is 3. The highest BCUT2D eigenvalue weighted by atomic mass is 35.5. The Morgan fingerprint density at radius 1 is 1.19 bits per heavy atom. The van der Waals surface area contributed by atoms with Crippen LogP contribution in [0.25, 0.3) is 0 Å². The quantitative estimate of drug-likeness (QED) is 0.333. The topological polar surface area (TPSA) is 99.3 Å². The molecule has 1 amide bonds. The van der Waals surface area contributed by atoms with E-state index in [0.29, 0.717) is 44.3 Å². The van der Waals surface area contributed by atoms with Crippen molar-refractivity contribution in [2.24, 2.45) is 0 Å². The molecule has 168 valence electrons. The predicted octanol–water partition coefficient (Wildman–Crippen LogP) is 5.38. The molecule has 0 radical (unpaired) electrons. The van der Waals surface area contributed by atoms with E-state index in [1.54, 1.807) is 32.0 Å². The summed E-state index contributed by atoms with van der Waals surface area (Å²) in [7, 11) is 0. The average molecular weight is 498 g/mol. The van der Waals surface area contributed by atoms with Crippen LogP contribution < -0.4 is 10.1 Å². The van der Waals surface area contributed by atoms with Crippen LogP contribution in [0.5, 0.6) is 5.75 Å². The number of nitro groups is 1. The van der Waals surface area contributed by atoms with E-state index in [9.17, 15) is 14.9 Å². The third kappa shape index (κ3) is 5.51. The van der Waals surface area contributed by atoms with Crippen LogP contribution in [-0.4, -0.2) is 27.2 Å². The molecule has 0 bridgehead atoms. The van der Waals surface area contributed by atoms with Crippen LogP contribution in [0.1, 0.15) is 27.3 Å². The molecule has 0 atom stereocenters. The van der Waals surface area contributed by atoms with Gasteiger partial charge in [-0.15, -0.1) is 0 Å².